The molecule has 0 fully saturated rings. The van der Waals surface area contributed by atoms with Gasteiger partial charge in [-0.25, -0.2) is 0 Å². The second-order valence-corrected chi connectivity index (χ2v) is 6.39. The molecule has 0 aliphatic heterocycles. The molecule has 5 nitrogen and oxygen atoms in total. The van der Waals surface area contributed by atoms with Crippen LogP contribution in [0.4, 0.5) is 0 Å². The van der Waals surface area contributed by atoms with Gasteiger partial charge in [0.25, 0.3) is 0 Å². The van der Waals surface area contributed by atoms with Crippen LogP contribution in [0.3, 0.4) is 0 Å². The molecule has 0 bridgehead atoms. The summed E-state index contributed by atoms with van der Waals surface area (Å²) in [5, 5.41) is 10.3. The molecule has 0 aromatic heterocycles. The normalized spacial score (nSPS) is 16.0. The monoisotopic (exact) mass is 316 g/mol. The maximum absolute atomic E-state index is 12.5. The molecule has 0 spiro atoms. The molecule has 130 valence electrons. The second-order valence-electron chi connectivity index (χ2n) is 6.39. The van der Waals surface area contributed by atoms with Crippen molar-refractivity contribution in [1.82, 2.24) is 0 Å². The molecule has 0 saturated carbocycles. The summed E-state index contributed by atoms with van der Waals surface area (Å²) in [6, 6.07) is 0. The first-order valence-electron chi connectivity index (χ1n) is 8.17. The van der Waals surface area contributed by atoms with Crippen molar-refractivity contribution in [3.8, 4) is 0 Å². The SMILES string of the molecule is CCCCOC[C@H](C)[C@H](O)[C@@H](C)C(=O)C(C)(C)C(=O)OCC. The topological polar surface area (TPSA) is 72.8 Å². The van der Waals surface area contributed by atoms with E-state index in [1.165, 1.54) is 0 Å². The summed E-state index contributed by atoms with van der Waals surface area (Å²) >= 11 is 0. The number of esters is 1. The number of hydrogen-bond donors (Lipinski definition) is 1. The predicted octanol–water partition coefficient (Wildman–Crippen LogP) is 2.59. The highest BCUT2D eigenvalue weighted by Gasteiger charge is 2.42. The highest BCUT2D eigenvalue weighted by Crippen LogP contribution is 2.27. The first-order valence-corrected chi connectivity index (χ1v) is 8.17. The van der Waals surface area contributed by atoms with Gasteiger partial charge in [-0.2, -0.15) is 0 Å². The van der Waals surface area contributed by atoms with Gasteiger partial charge in [0.2, 0.25) is 0 Å². The number of carbonyl (C=O) groups excluding carboxylic acids is 2. The number of hydrogen-bond acceptors (Lipinski definition) is 5. The summed E-state index contributed by atoms with van der Waals surface area (Å²) in [6.07, 6.45) is 1.19. The van der Waals surface area contributed by atoms with Gasteiger partial charge < -0.3 is 14.6 Å². The Hall–Kier alpha value is -0.940. The molecule has 0 aromatic rings. The average Bonchev–Trinajstić information content (AvgIpc) is 2.49. The van der Waals surface area contributed by atoms with Crippen LogP contribution in [-0.4, -0.2) is 42.8 Å². The molecule has 0 heterocycles. The Balaban J connectivity index is 4.62. The van der Waals surface area contributed by atoms with Crippen LogP contribution in [0.2, 0.25) is 0 Å². The first kappa shape index (κ1) is 21.1. The molecule has 0 amide bonds. The lowest BCUT2D eigenvalue weighted by atomic mass is 9.77. The number of aliphatic hydroxyl groups excluding tert-OH is 1. The Morgan fingerprint density at radius 3 is 2.27 bits per heavy atom. The minimum atomic E-state index is -1.25. The molecule has 3 atom stereocenters. The van der Waals surface area contributed by atoms with E-state index in [4.69, 9.17) is 9.47 Å². The molecule has 0 aliphatic rings. The summed E-state index contributed by atoms with van der Waals surface area (Å²) in [4.78, 5) is 24.4. The van der Waals surface area contributed by atoms with Gasteiger partial charge in [-0.3, -0.25) is 9.59 Å². The van der Waals surface area contributed by atoms with Gasteiger partial charge in [0.15, 0.2) is 5.78 Å². The number of Topliss-reactive ketones (excluding diaryl/α,β-unsaturated/α-hetero) is 1. The summed E-state index contributed by atoms with van der Waals surface area (Å²) in [7, 11) is 0. The number of ether oxygens (including phenoxy) is 2. The fourth-order valence-electron chi connectivity index (χ4n) is 2.24. The molecular weight excluding hydrogens is 284 g/mol. The Kier molecular flexibility index (Phi) is 9.53. The van der Waals surface area contributed by atoms with Gasteiger partial charge in [-0.1, -0.05) is 27.2 Å². The zero-order chi connectivity index (χ0) is 17.3. The molecule has 0 unspecified atom stereocenters. The molecule has 1 N–H and O–H groups in total. The van der Waals surface area contributed by atoms with Gasteiger partial charge in [0.05, 0.1) is 19.3 Å². The van der Waals surface area contributed by atoms with E-state index in [0.717, 1.165) is 12.8 Å². The molecule has 0 aromatic carbocycles. The van der Waals surface area contributed by atoms with Crippen LogP contribution >= 0.6 is 0 Å². The zero-order valence-electron chi connectivity index (χ0n) is 14.8. The van der Waals surface area contributed by atoms with Crippen LogP contribution in [0, 0.1) is 17.3 Å². The third-order valence-electron chi connectivity index (χ3n) is 3.93. The van der Waals surface area contributed by atoms with Crippen molar-refractivity contribution in [2.75, 3.05) is 19.8 Å². The predicted molar refractivity (Wildman–Crippen MR) is 85.5 cm³/mol. The van der Waals surface area contributed by atoms with Crippen molar-refractivity contribution in [1.29, 1.82) is 0 Å². The lowest BCUT2D eigenvalue weighted by Gasteiger charge is -2.29. The number of ketones is 1. The summed E-state index contributed by atoms with van der Waals surface area (Å²) in [6.45, 7) is 11.6. The fraction of sp³-hybridized carbons (Fsp3) is 0.882. The van der Waals surface area contributed by atoms with Gasteiger partial charge in [0, 0.05) is 18.4 Å². The van der Waals surface area contributed by atoms with Crippen LogP contribution in [0.25, 0.3) is 0 Å². The highest BCUT2D eigenvalue weighted by atomic mass is 16.5. The minimum absolute atomic E-state index is 0.172. The summed E-state index contributed by atoms with van der Waals surface area (Å²) < 4.78 is 10.4. The number of aliphatic hydroxyl groups is 1. The van der Waals surface area contributed by atoms with E-state index in [0.29, 0.717) is 13.2 Å². The third-order valence-corrected chi connectivity index (χ3v) is 3.93. The van der Waals surface area contributed by atoms with Crippen LogP contribution in [-0.2, 0) is 19.1 Å². The number of unbranched alkanes of at least 4 members (excludes halogenated alkanes) is 1. The standard InChI is InChI=1S/C17H32O5/c1-7-9-10-21-11-12(3)14(18)13(4)15(19)17(5,6)16(20)22-8-2/h12-14,18H,7-11H2,1-6H3/t12-,13+,14-/m0/s1. The van der Waals surface area contributed by atoms with Crippen molar-refractivity contribution >= 4 is 11.8 Å². The van der Waals surface area contributed by atoms with Crippen LogP contribution in [0.5, 0.6) is 0 Å². The lowest BCUT2D eigenvalue weighted by molar-refractivity contribution is -0.160. The van der Waals surface area contributed by atoms with Crippen molar-refractivity contribution in [3.05, 3.63) is 0 Å². The van der Waals surface area contributed by atoms with Gasteiger partial charge >= 0.3 is 5.97 Å². The van der Waals surface area contributed by atoms with E-state index in [2.05, 4.69) is 6.92 Å². The van der Waals surface area contributed by atoms with Gasteiger partial charge in [-0.05, 0) is 27.2 Å². The second kappa shape index (κ2) is 9.95. The molecular formula is C17H32O5. The van der Waals surface area contributed by atoms with E-state index >= 15 is 0 Å². The van der Waals surface area contributed by atoms with E-state index in [1.54, 1.807) is 27.7 Å². The Morgan fingerprint density at radius 2 is 1.77 bits per heavy atom. The van der Waals surface area contributed by atoms with Crippen LogP contribution in [0.15, 0.2) is 0 Å². The molecule has 22 heavy (non-hydrogen) atoms. The lowest BCUT2D eigenvalue weighted by Crippen LogP contribution is -2.44. The minimum Gasteiger partial charge on any atom is -0.465 e. The Bertz CT molecular complexity index is 351. The molecule has 0 saturated heterocycles. The van der Waals surface area contributed by atoms with Gasteiger partial charge in [-0.15, -0.1) is 0 Å². The van der Waals surface area contributed by atoms with E-state index in [1.807, 2.05) is 6.92 Å². The first-order chi connectivity index (χ1) is 10.2. The van der Waals surface area contributed by atoms with Crippen molar-refractivity contribution in [3.63, 3.8) is 0 Å². The third kappa shape index (κ3) is 6.05. The average molecular weight is 316 g/mol. The molecule has 0 rings (SSSR count). The molecule has 0 aliphatic carbocycles. The quantitative estimate of drug-likeness (QED) is 0.360. The maximum Gasteiger partial charge on any atom is 0.319 e. The highest BCUT2D eigenvalue weighted by molar-refractivity contribution is 6.04. The van der Waals surface area contributed by atoms with E-state index in [-0.39, 0.29) is 18.3 Å². The van der Waals surface area contributed by atoms with Crippen molar-refractivity contribution < 1.29 is 24.2 Å². The Labute approximate surface area is 134 Å². The summed E-state index contributed by atoms with van der Waals surface area (Å²) in [5.41, 5.74) is -1.25. The van der Waals surface area contributed by atoms with Gasteiger partial charge in [0.1, 0.15) is 5.41 Å². The van der Waals surface area contributed by atoms with Crippen LogP contribution < -0.4 is 0 Å². The van der Waals surface area contributed by atoms with Crippen molar-refractivity contribution in [2.24, 2.45) is 17.3 Å². The number of carbonyl (C=O) groups is 2. The zero-order valence-corrected chi connectivity index (χ0v) is 14.8. The van der Waals surface area contributed by atoms with E-state index < -0.39 is 23.4 Å². The smallest absolute Gasteiger partial charge is 0.319 e. The fourth-order valence-corrected chi connectivity index (χ4v) is 2.24. The summed E-state index contributed by atoms with van der Waals surface area (Å²) in [5.74, 6) is -1.68. The largest absolute Gasteiger partial charge is 0.465 e. The molecule has 0 radical (unpaired) electrons. The maximum atomic E-state index is 12.5. The Morgan fingerprint density at radius 1 is 1.18 bits per heavy atom. The number of rotatable bonds is 11. The van der Waals surface area contributed by atoms with E-state index in [9.17, 15) is 14.7 Å². The van der Waals surface area contributed by atoms with Crippen LogP contribution in [0.1, 0.15) is 54.4 Å². The molecule has 5 heteroatoms. The van der Waals surface area contributed by atoms with Crippen molar-refractivity contribution in [2.45, 2.75) is 60.5 Å².